The van der Waals surface area contributed by atoms with Crippen molar-refractivity contribution in [3.8, 4) is 0 Å². The summed E-state index contributed by atoms with van der Waals surface area (Å²) in [5, 5.41) is 23.5. The Morgan fingerprint density at radius 1 is 0.346 bits per heavy atom. The van der Waals surface area contributed by atoms with Crippen LogP contribution in [0.25, 0.3) is 0 Å². The molecular weight excluding hydrogens is 995 g/mol. The second-order valence-corrected chi connectivity index (χ2v) is 25.3. The lowest BCUT2D eigenvalue weighted by Crippen LogP contribution is -2.45. The van der Waals surface area contributed by atoms with Crippen LogP contribution in [-0.4, -0.2) is 47.4 Å². The molecule has 3 N–H and O–H groups in total. The molecule has 0 aliphatic heterocycles. The molecule has 6 heteroatoms. The van der Waals surface area contributed by atoms with Crippen LogP contribution in [0, 0.1) is 0 Å². The standard InChI is InChI=1S/C75H143NO5/c1-3-5-7-9-11-13-15-17-19-20-21-22-23-25-28-31-34-37-40-43-47-51-55-59-63-67-73(78)72(71-77)76-74(79)68-64-60-56-52-48-44-41-38-35-32-29-26-24-27-30-33-36-39-42-46-50-54-58-62-66-70-81-75(80)69-65-61-57-53-49-45-18-16-14-12-10-8-6-4-2/h16,18,26-27,29-30,72-73,77-78H,3-15,17,19-25,28,31-71H2,1-2H3,(H,76,79)/b18-16-,29-26-,30-27-. The molecule has 6 nitrogen and oxygen atoms in total. The number of allylic oxidation sites excluding steroid dienone is 6. The third-order valence-electron chi connectivity index (χ3n) is 17.2. The summed E-state index contributed by atoms with van der Waals surface area (Å²) in [7, 11) is 0. The van der Waals surface area contributed by atoms with Crippen LogP contribution in [0.2, 0.25) is 0 Å². The largest absolute Gasteiger partial charge is 0.466 e. The van der Waals surface area contributed by atoms with E-state index < -0.39 is 12.1 Å². The molecule has 2 unspecified atom stereocenters. The van der Waals surface area contributed by atoms with Gasteiger partial charge in [-0.1, -0.05) is 346 Å². The van der Waals surface area contributed by atoms with Gasteiger partial charge >= 0.3 is 5.97 Å². The van der Waals surface area contributed by atoms with Crippen LogP contribution in [0.15, 0.2) is 36.5 Å². The first-order chi connectivity index (χ1) is 40.0. The number of unbranched alkanes of at least 4 members (excludes halogenated alkanes) is 52. The van der Waals surface area contributed by atoms with Gasteiger partial charge in [-0.2, -0.15) is 0 Å². The Morgan fingerprint density at radius 2 is 0.617 bits per heavy atom. The van der Waals surface area contributed by atoms with E-state index in [1.54, 1.807) is 0 Å². The number of ether oxygens (including phenoxy) is 1. The molecule has 0 spiro atoms. The Hall–Kier alpha value is -1.92. The fourth-order valence-corrected chi connectivity index (χ4v) is 11.6. The zero-order chi connectivity index (χ0) is 58.5. The van der Waals surface area contributed by atoms with E-state index in [1.165, 1.54) is 321 Å². The predicted molar refractivity (Wildman–Crippen MR) is 356 cm³/mol. The lowest BCUT2D eigenvalue weighted by molar-refractivity contribution is -0.143. The van der Waals surface area contributed by atoms with Gasteiger partial charge in [-0.25, -0.2) is 0 Å². The van der Waals surface area contributed by atoms with Crippen molar-refractivity contribution in [3.05, 3.63) is 36.5 Å². The molecule has 478 valence electrons. The van der Waals surface area contributed by atoms with Gasteiger partial charge in [0.25, 0.3) is 0 Å². The minimum absolute atomic E-state index is 0.00114. The highest BCUT2D eigenvalue weighted by atomic mass is 16.5. The second kappa shape index (κ2) is 70.6. The van der Waals surface area contributed by atoms with Crippen LogP contribution < -0.4 is 5.32 Å². The van der Waals surface area contributed by atoms with Gasteiger partial charge in [-0.05, 0) is 83.5 Å². The number of aliphatic hydroxyl groups excluding tert-OH is 2. The molecule has 81 heavy (non-hydrogen) atoms. The van der Waals surface area contributed by atoms with Crippen molar-refractivity contribution in [1.82, 2.24) is 5.32 Å². The molecule has 2 atom stereocenters. The summed E-state index contributed by atoms with van der Waals surface area (Å²) in [4.78, 5) is 24.6. The Balaban J connectivity index is 3.43. The first-order valence-electron chi connectivity index (χ1n) is 36.7. The second-order valence-electron chi connectivity index (χ2n) is 25.3. The van der Waals surface area contributed by atoms with E-state index in [0.717, 1.165) is 51.4 Å². The monoisotopic (exact) mass is 1140 g/mol. The van der Waals surface area contributed by atoms with E-state index in [4.69, 9.17) is 4.74 Å². The van der Waals surface area contributed by atoms with Crippen molar-refractivity contribution >= 4 is 11.9 Å². The summed E-state index contributed by atoms with van der Waals surface area (Å²) in [6.45, 7) is 4.97. The topological polar surface area (TPSA) is 95.9 Å². The van der Waals surface area contributed by atoms with Crippen molar-refractivity contribution in [1.29, 1.82) is 0 Å². The average Bonchev–Trinajstić information content (AvgIpc) is 3.47. The lowest BCUT2D eigenvalue weighted by atomic mass is 10.0. The fraction of sp³-hybridized carbons (Fsp3) is 0.893. The van der Waals surface area contributed by atoms with Crippen molar-refractivity contribution < 1.29 is 24.5 Å². The number of nitrogens with one attached hydrogen (secondary N) is 1. The van der Waals surface area contributed by atoms with E-state index >= 15 is 0 Å². The normalized spacial score (nSPS) is 12.7. The van der Waals surface area contributed by atoms with Crippen molar-refractivity contribution in [2.24, 2.45) is 0 Å². The SMILES string of the molecule is CCCCCCC/C=C\CCCCCCCC(=O)OCCCCCCCCCCC/C=C\C/C=C\CCCCCCCCCCCC(=O)NC(CO)C(O)CCCCCCCCCCCCCCCCCCCCCCCCCCC. The minimum atomic E-state index is -0.671. The molecule has 0 radical (unpaired) electrons. The summed E-state index contributed by atoms with van der Waals surface area (Å²) in [5.41, 5.74) is 0. The first kappa shape index (κ1) is 79.1. The number of carbonyl (C=O) groups is 2. The van der Waals surface area contributed by atoms with Crippen molar-refractivity contribution in [2.45, 2.75) is 418 Å². The Kier molecular flexibility index (Phi) is 68.9. The number of aliphatic hydroxyl groups is 2. The van der Waals surface area contributed by atoms with E-state index in [9.17, 15) is 19.8 Å². The number of hydrogen-bond donors (Lipinski definition) is 3. The van der Waals surface area contributed by atoms with Gasteiger partial charge in [-0.3, -0.25) is 9.59 Å². The van der Waals surface area contributed by atoms with Crippen LogP contribution in [-0.2, 0) is 14.3 Å². The zero-order valence-electron chi connectivity index (χ0n) is 54.8. The minimum Gasteiger partial charge on any atom is -0.466 e. The molecule has 0 rings (SSSR count). The van der Waals surface area contributed by atoms with E-state index in [0.29, 0.717) is 25.9 Å². The molecule has 1 amide bonds. The van der Waals surface area contributed by atoms with Gasteiger partial charge in [0, 0.05) is 12.8 Å². The van der Waals surface area contributed by atoms with Crippen LogP contribution >= 0.6 is 0 Å². The van der Waals surface area contributed by atoms with Gasteiger partial charge in [-0.15, -0.1) is 0 Å². The maximum Gasteiger partial charge on any atom is 0.305 e. The molecule has 0 saturated carbocycles. The van der Waals surface area contributed by atoms with Crippen LogP contribution in [0.4, 0.5) is 0 Å². The quantitative estimate of drug-likeness (QED) is 0.0320. The highest BCUT2D eigenvalue weighted by Gasteiger charge is 2.20. The molecular formula is C75H143NO5. The van der Waals surface area contributed by atoms with Gasteiger partial charge in [0.2, 0.25) is 5.91 Å². The molecule has 0 heterocycles. The van der Waals surface area contributed by atoms with Crippen molar-refractivity contribution in [2.75, 3.05) is 13.2 Å². The Labute approximate surface area is 506 Å². The molecule has 0 aromatic carbocycles. The summed E-state index contributed by atoms with van der Waals surface area (Å²) in [6, 6.07) is -0.548. The first-order valence-corrected chi connectivity index (χ1v) is 36.7. The van der Waals surface area contributed by atoms with E-state index in [-0.39, 0.29) is 18.5 Å². The molecule has 0 saturated heterocycles. The third kappa shape index (κ3) is 67.1. The van der Waals surface area contributed by atoms with Gasteiger partial charge < -0.3 is 20.3 Å². The highest BCUT2D eigenvalue weighted by molar-refractivity contribution is 5.76. The maximum absolute atomic E-state index is 12.6. The predicted octanol–water partition coefficient (Wildman–Crippen LogP) is 23.9. The third-order valence-corrected chi connectivity index (χ3v) is 17.2. The fourth-order valence-electron chi connectivity index (χ4n) is 11.6. The maximum atomic E-state index is 12.6. The summed E-state index contributed by atoms with van der Waals surface area (Å²) >= 11 is 0. The van der Waals surface area contributed by atoms with E-state index in [1.807, 2.05) is 0 Å². The molecule has 0 aliphatic carbocycles. The number of rotatable bonds is 69. The smallest absolute Gasteiger partial charge is 0.305 e. The van der Waals surface area contributed by atoms with Crippen molar-refractivity contribution in [3.63, 3.8) is 0 Å². The van der Waals surface area contributed by atoms with Crippen LogP contribution in [0.5, 0.6) is 0 Å². The molecule has 0 fully saturated rings. The summed E-state index contributed by atoms with van der Waals surface area (Å²) in [6.07, 6.45) is 90.6. The van der Waals surface area contributed by atoms with Gasteiger partial charge in [0.1, 0.15) is 0 Å². The number of hydrogen-bond acceptors (Lipinski definition) is 5. The molecule has 0 bridgehead atoms. The number of esters is 1. The molecule has 0 aromatic heterocycles. The van der Waals surface area contributed by atoms with Crippen LogP contribution in [0.3, 0.4) is 0 Å². The lowest BCUT2D eigenvalue weighted by Gasteiger charge is -2.22. The average molecular weight is 1140 g/mol. The molecule has 0 aromatic rings. The summed E-state index contributed by atoms with van der Waals surface area (Å²) in [5.74, 6) is -0.0355. The highest BCUT2D eigenvalue weighted by Crippen LogP contribution is 2.19. The van der Waals surface area contributed by atoms with Gasteiger partial charge in [0.15, 0.2) is 0 Å². The number of carbonyl (C=O) groups excluding carboxylic acids is 2. The molecule has 0 aliphatic rings. The van der Waals surface area contributed by atoms with E-state index in [2.05, 4.69) is 55.6 Å². The zero-order valence-corrected chi connectivity index (χ0v) is 54.8. The summed E-state index contributed by atoms with van der Waals surface area (Å²) < 4.78 is 5.48. The number of amides is 1. The Morgan fingerprint density at radius 3 is 0.951 bits per heavy atom. The Bertz CT molecular complexity index is 1310. The van der Waals surface area contributed by atoms with Gasteiger partial charge in [0.05, 0.1) is 25.4 Å². The van der Waals surface area contributed by atoms with Crippen LogP contribution in [0.1, 0.15) is 406 Å².